The molecule has 2 heterocycles. The van der Waals surface area contributed by atoms with Crippen molar-refractivity contribution < 1.29 is 19.2 Å². The van der Waals surface area contributed by atoms with Crippen LogP contribution in [-0.4, -0.2) is 42.6 Å². The number of hydrogen-bond donors (Lipinski definition) is 0. The Balaban J connectivity index is 1.84. The smallest absolute Gasteiger partial charge is 0.269 e. The van der Waals surface area contributed by atoms with Gasteiger partial charge in [-0.05, 0) is 12.5 Å². The fourth-order valence-corrected chi connectivity index (χ4v) is 2.96. The Morgan fingerprint density at radius 2 is 1.90 bits per heavy atom. The fourth-order valence-electron chi connectivity index (χ4n) is 2.96. The lowest BCUT2D eigenvalue weighted by Gasteiger charge is -2.23. The highest BCUT2D eigenvalue weighted by Crippen LogP contribution is 2.40. The molecule has 0 radical (unpaired) electrons. The fraction of sp³-hybridized carbons (Fsp3) is 0.571. The topological polar surface area (TPSA) is 74.1 Å². The van der Waals surface area contributed by atoms with Crippen LogP contribution in [0.1, 0.15) is 18.5 Å². The van der Waals surface area contributed by atoms with E-state index in [-0.39, 0.29) is 30.0 Å². The van der Waals surface area contributed by atoms with Gasteiger partial charge in [-0.1, -0.05) is 12.1 Å². The van der Waals surface area contributed by atoms with Gasteiger partial charge in [-0.15, -0.1) is 0 Å². The lowest BCUT2D eigenvalue weighted by Crippen LogP contribution is -2.25. The number of rotatable bonds is 2. The molecule has 2 saturated heterocycles. The van der Waals surface area contributed by atoms with Gasteiger partial charge in [0.25, 0.3) is 5.69 Å². The van der Waals surface area contributed by atoms with Crippen LogP contribution < -0.4 is 0 Å². The zero-order valence-electron chi connectivity index (χ0n) is 12.0. The molecule has 2 fully saturated rings. The summed E-state index contributed by atoms with van der Waals surface area (Å²) in [6.07, 6.45) is -0.290. The number of nitrogens with zero attached hydrogens (tertiary/aromatic N) is 2. The van der Waals surface area contributed by atoms with E-state index in [2.05, 4.69) is 0 Å². The van der Waals surface area contributed by atoms with E-state index in [0.717, 1.165) is 5.56 Å². The number of non-ortho nitro benzene ring substituents is 1. The summed E-state index contributed by atoms with van der Waals surface area (Å²) in [5.41, 5.74) is 1.07. The molecule has 2 aliphatic rings. The van der Waals surface area contributed by atoms with E-state index in [1.165, 1.54) is 12.1 Å². The highest BCUT2D eigenvalue weighted by molar-refractivity contribution is 5.34. The molecule has 3 rings (SSSR count). The van der Waals surface area contributed by atoms with Gasteiger partial charge >= 0.3 is 0 Å². The van der Waals surface area contributed by atoms with Crippen molar-refractivity contribution in [3.63, 3.8) is 0 Å². The van der Waals surface area contributed by atoms with Crippen LogP contribution in [-0.2, 0) is 14.3 Å². The average molecular weight is 294 g/mol. The van der Waals surface area contributed by atoms with Crippen molar-refractivity contribution in [2.24, 2.45) is 5.92 Å². The van der Waals surface area contributed by atoms with Crippen LogP contribution in [0.15, 0.2) is 24.3 Å². The van der Waals surface area contributed by atoms with E-state index in [0.29, 0.717) is 13.2 Å². The first kappa shape index (κ1) is 14.4. The predicted molar refractivity (Wildman–Crippen MR) is 73.3 cm³/mol. The molecule has 0 amide bonds. The van der Waals surface area contributed by atoms with Gasteiger partial charge in [0.15, 0.2) is 6.29 Å². The van der Waals surface area contributed by atoms with Crippen LogP contribution in [0.3, 0.4) is 0 Å². The number of ether oxygens (including phenoxy) is 2. The van der Waals surface area contributed by atoms with Crippen molar-refractivity contribution in [1.29, 1.82) is 0 Å². The number of hydroxylamine groups is 2. The minimum Gasteiger partial charge on any atom is -0.353 e. The lowest BCUT2D eigenvalue weighted by molar-refractivity contribution is -0.384. The Labute approximate surface area is 122 Å². The van der Waals surface area contributed by atoms with E-state index < -0.39 is 4.92 Å². The van der Waals surface area contributed by atoms with Crippen molar-refractivity contribution in [3.05, 3.63) is 39.9 Å². The summed E-state index contributed by atoms with van der Waals surface area (Å²) >= 11 is 0. The molecule has 0 spiro atoms. The summed E-state index contributed by atoms with van der Waals surface area (Å²) in [6, 6.07) is 6.60. The third-order valence-corrected chi connectivity index (χ3v) is 4.04. The minimum atomic E-state index is -0.397. The standard InChI is InChI=1S/C14H18N2O5/c1-9-19-7-12-13(8-20-9)21-15(2)14(12)10-3-5-11(6-4-10)16(17)18/h3-6,9,12-14H,7-8H2,1-2H3. The molecule has 7 nitrogen and oxygen atoms in total. The third kappa shape index (κ3) is 2.77. The summed E-state index contributed by atoms with van der Waals surface area (Å²) in [5.74, 6) is 0.140. The SMILES string of the molecule is CC1OCC2ON(C)C(c3ccc([N+](=O)[O-])cc3)C2CO1. The highest BCUT2D eigenvalue weighted by atomic mass is 16.7. The molecule has 0 saturated carbocycles. The maximum Gasteiger partial charge on any atom is 0.269 e. The van der Waals surface area contributed by atoms with Crippen LogP contribution in [0, 0.1) is 16.0 Å². The molecule has 2 aliphatic heterocycles. The van der Waals surface area contributed by atoms with E-state index in [1.807, 2.05) is 14.0 Å². The maximum atomic E-state index is 10.7. The molecule has 1 aromatic carbocycles. The quantitative estimate of drug-likeness (QED) is 0.612. The number of nitro benzene ring substituents is 1. The van der Waals surface area contributed by atoms with Gasteiger partial charge in [-0.2, -0.15) is 5.06 Å². The van der Waals surface area contributed by atoms with Gasteiger partial charge in [0, 0.05) is 25.1 Å². The summed E-state index contributed by atoms with van der Waals surface area (Å²) < 4.78 is 11.2. The molecule has 7 heteroatoms. The van der Waals surface area contributed by atoms with Gasteiger partial charge < -0.3 is 9.47 Å². The molecular formula is C14H18N2O5. The lowest BCUT2D eigenvalue weighted by atomic mass is 9.90. The van der Waals surface area contributed by atoms with Crippen LogP contribution in [0.25, 0.3) is 0 Å². The molecule has 1 aromatic rings. The first-order valence-electron chi connectivity index (χ1n) is 6.93. The van der Waals surface area contributed by atoms with Crippen molar-refractivity contribution in [1.82, 2.24) is 5.06 Å². The zero-order chi connectivity index (χ0) is 15.0. The van der Waals surface area contributed by atoms with Crippen molar-refractivity contribution in [2.75, 3.05) is 20.3 Å². The number of nitro groups is 1. The summed E-state index contributed by atoms with van der Waals surface area (Å²) in [4.78, 5) is 16.2. The predicted octanol–water partition coefficient (Wildman–Crippen LogP) is 1.89. The second kappa shape index (κ2) is 5.69. The molecular weight excluding hydrogens is 276 g/mol. The first-order chi connectivity index (χ1) is 10.1. The normalized spacial score (nSPS) is 33.4. The summed E-state index contributed by atoms with van der Waals surface area (Å²) in [7, 11) is 1.87. The van der Waals surface area contributed by atoms with Crippen LogP contribution in [0.4, 0.5) is 5.69 Å². The first-order valence-corrected chi connectivity index (χ1v) is 6.93. The van der Waals surface area contributed by atoms with Gasteiger partial charge in [-0.3, -0.25) is 15.0 Å². The van der Waals surface area contributed by atoms with Crippen LogP contribution in [0.5, 0.6) is 0 Å². The Bertz CT molecular complexity index is 521. The van der Waals surface area contributed by atoms with Crippen molar-refractivity contribution >= 4 is 5.69 Å². The zero-order valence-corrected chi connectivity index (χ0v) is 12.0. The summed E-state index contributed by atoms with van der Waals surface area (Å²) in [5, 5.41) is 12.5. The molecule has 4 atom stereocenters. The van der Waals surface area contributed by atoms with Crippen molar-refractivity contribution in [2.45, 2.75) is 25.4 Å². The second-order valence-corrected chi connectivity index (χ2v) is 5.38. The van der Waals surface area contributed by atoms with Gasteiger partial charge in [-0.25, -0.2) is 0 Å². The molecule has 21 heavy (non-hydrogen) atoms. The van der Waals surface area contributed by atoms with E-state index >= 15 is 0 Å². The second-order valence-electron chi connectivity index (χ2n) is 5.38. The summed E-state index contributed by atoms with van der Waals surface area (Å²) in [6.45, 7) is 2.89. The van der Waals surface area contributed by atoms with E-state index in [9.17, 15) is 10.1 Å². The Morgan fingerprint density at radius 3 is 2.57 bits per heavy atom. The maximum absolute atomic E-state index is 10.7. The Hall–Kier alpha value is -1.54. The molecule has 114 valence electrons. The Morgan fingerprint density at radius 1 is 1.24 bits per heavy atom. The van der Waals surface area contributed by atoms with Crippen LogP contribution in [0.2, 0.25) is 0 Å². The largest absolute Gasteiger partial charge is 0.353 e. The third-order valence-electron chi connectivity index (χ3n) is 4.04. The molecule has 0 aliphatic carbocycles. The molecule has 4 unspecified atom stereocenters. The van der Waals surface area contributed by atoms with Crippen molar-refractivity contribution in [3.8, 4) is 0 Å². The molecule has 0 N–H and O–H groups in total. The monoisotopic (exact) mass is 294 g/mol. The Kier molecular flexibility index (Phi) is 3.90. The molecule has 0 bridgehead atoms. The number of benzene rings is 1. The number of hydrogen-bond acceptors (Lipinski definition) is 6. The van der Waals surface area contributed by atoms with Gasteiger partial charge in [0.2, 0.25) is 0 Å². The van der Waals surface area contributed by atoms with Gasteiger partial charge in [0.1, 0.15) is 6.10 Å². The number of fused-ring (bicyclic) bond motifs is 1. The van der Waals surface area contributed by atoms with E-state index in [4.69, 9.17) is 14.3 Å². The highest BCUT2D eigenvalue weighted by Gasteiger charge is 2.44. The average Bonchev–Trinajstić information content (AvgIpc) is 2.68. The van der Waals surface area contributed by atoms with Gasteiger partial charge in [0.05, 0.1) is 24.2 Å². The van der Waals surface area contributed by atoms with Crippen LogP contribution >= 0.6 is 0 Å². The van der Waals surface area contributed by atoms with E-state index in [1.54, 1.807) is 17.2 Å². The molecule has 0 aromatic heterocycles. The minimum absolute atomic E-state index is 0.00436.